The summed E-state index contributed by atoms with van der Waals surface area (Å²) in [5.74, 6) is 0.551. The zero-order valence-electron chi connectivity index (χ0n) is 8.16. The zero-order valence-corrected chi connectivity index (χ0v) is 8.16. The quantitative estimate of drug-likeness (QED) is 0.772. The number of anilines is 1. The Morgan fingerprint density at radius 2 is 2.23 bits per heavy atom. The molecule has 1 aromatic heterocycles. The van der Waals surface area contributed by atoms with Gasteiger partial charge < -0.3 is 10.5 Å². The van der Waals surface area contributed by atoms with E-state index in [0.29, 0.717) is 5.82 Å². The molecule has 1 rings (SSSR count). The summed E-state index contributed by atoms with van der Waals surface area (Å²) in [6, 6.07) is 3.77. The monoisotopic (exact) mass is 180 g/mol. The molecule has 0 saturated carbocycles. The lowest BCUT2D eigenvalue weighted by Crippen LogP contribution is -2.03. The van der Waals surface area contributed by atoms with Crippen molar-refractivity contribution in [3.05, 3.63) is 23.9 Å². The molecule has 3 heteroatoms. The molecule has 0 fully saturated rings. The summed E-state index contributed by atoms with van der Waals surface area (Å²) < 4.78 is 5.54. The summed E-state index contributed by atoms with van der Waals surface area (Å²) in [6.45, 7) is 4.81. The Morgan fingerprint density at radius 1 is 1.46 bits per heavy atom. The summed E-state index contributed by atoms with van der Waals surface area (Å²) in [5, 5.41) is 0. The molecule has 0 saturated heterocycles. The fourth-order valence-corrected chi connectivity index (χ4v) is 1.26. The zero-order chi connectivity index (χ0) is 9.68. The molecule has 1 unspecified atom stereocenters. The van der Waals surface area contributed by atoms with Crippen molar-refractivity contribution >= 4 is 5.82 Å². The van der Waals surface area contributed by atoms with E-state index < -0.39 is 0 Å². The molecule has 1 heterocycles. The fourth-order valence-electron chi connectivity index (χ4n) is 1.26. The van der Waals surface area contributed by atoms with Crippen molar-refractivity contribution in [2.75, 3.05) is 12.3 Å². The van der Waals surface area contributed by atoms with E-state index in [1.165, 1.54) is 0 Å². The Kier molecular flexibility index (Phi) is 3.71. The van der Waals surface area contributed by atoms with Crippen molar-refractivity contribution in [2.24, 2.45) is 0 Å². The van der Waals surface area contributed by atoms with Crippen LogP contribution in [0.15, 0.2) is 18.3 Å². The van der Waals surface area contributed by atoms with Crippen molar-refractivity contribution < 1.29 is 4.74 Å². The van der Waals surface area contributed by atoms with Crippen molar-refractivity contribution in [1.82, 2.24) is 4.98 Å². The van der Waals surface area contributed by atoms with Gasteiger partial charge in [-0.3, -0.25) is 0 Å². The molecule has 1 atom stereocenters. The van der Waals surface area contributed by atoms with Gasteiger partial charge in [0.1, 0.15) is 5.82 Å². The Bertz CT molecular complexity index is 246. The molecule has 2 N–H and O–H groups in total. The highest BCUT2D eigenvalue weighted by Gasteiger charge is 2.08. The first-order chi connectivity index (χ1) is 6.27. The van der Waals surface area contributed by atoms with Crippen molar-refractivity contribution in [2.45, 2.75) is 26.4 Å². The molecule has 0 aliphatic heterocycles. The van der Waals surface area contributed by atoms with Crippen LogP contribution >= 0.6 is 0 Å². The molecule has 0 bridgehead atoms. The summed E-state index contributed by atoms with van der Waals surface area (Å²) in [5.41, 5.74) is 6.59. The van der Waals surface area contributed by atoms with Gasteiger partial charge >= 0.3 is 0 Å². The van der Waals surface area contributed by atoms with E-state index in [-0.39, 0.29) is 6.10 Å². The predicted octanol–water partition coefficient (Wildman–Crippen LogP) is 2.15. The normalized spacial score (nSPS) is 12.8. The molecular formula is C10H16N2O. The summed E-state index contributed by atoms with van der Waals surface area (Å²) >= 11 is 0. The van der Waals surface area contributed by atoms with E-state index in [1.807, 2.05) is 13.0 Å². The molecule has 0 spiro atoms. The number of pyridine rings is 1. The Hall–Kier alpha value is -1.09. The fraction of sp³-hybridized carbons (Fsp3) is 0.500. The van der Waals surface area contributed by atoms with Gasteiger partial charge in [0.2, 0.25) is 0 Å². The van der Waals surface area contributed by atoms with Crippen LogP contribution in [0.4, 0.5) is 5.82 Å². The molecule has 0 amide bonds. The third-order valence-corrected chi connectivity index (χ3v) is 1.92. The van der Waals surface area contributed by atoms with Gasteiger partial charge in [-0.25, -0.2) is 4.98 Å². The minimum atomic E-state index is 0.151. The highest BCUT2D eigenvalue weighted by Crippen LogP contribution is 2.20. The second-order valence-electron chi connectivity index (χ2n) is 2.87. The van der Waals surface area contributed by atoms with Crippen molar-refractivity contribution in [1.29, 1.82) is 0 Å². The highest BCUT2D eigenvalue weighted by atomic mass is 16.5. The van der Waals surface area contributed by atoms with Crippen LogP contribution < -0.4 is 5.73 Å². The van der Waals surface area contributed by atoms with E-state index in [2.05, 4.69) is 11.9 Å². The molecule has 0 radical (unpaired) electrons. The van der Waals surface area contributed by atoms with E-state index in [9.17, 15) is 0 Å². The third-order valence-electron chi connectivity index (χ3n) is 1.92. The van der Waals surface area contributed by atoms with Gasteiger partial charge in [0.05, 0.1) is 6.10 Å². The SMILES string of the molecule is CCOC(CC)c1ccc(N)nc1. The van der Waals surface area contributed by atoms with Crippen LogP contribution in [0, 0.1) is 0 Å². The molecule has 0 aliphatic carbocycles. The standard InChI is InChI=1S/C10H16N2O/c1-3-9(13-4-2)8-5-6-10(11)12-7-8/h5-7,9H,3-4H2,1-2H3,(H2,11,12). The number of ether oxygens (including phenoxy) is 1. The molecule has 72 valence electrons. The Morgan fingerprint density at radius 3 is 2.69 bits per heavy atom. The third kappa shape index (κ3) is 2.70. The van der Waals surface area contributed by atoms with Crippen LogP contribution in [0.3, 0.4) is 0 Å². The van der Waals surface area contributed by atoms with Crippen LogP contribution in [-0.4, -0.2) is 11.6 Å². The number of nitrogens with zero attached hydrogens (tertiary/aromatic N) is 1. The first-order valence-corrected chi connectivity index (χ1v) is 4.61. The number of rotatable bonds is 4. The lowest BCUT2D eigenvalue weighted by atomic mass is 10.1. The average Bonchev–Trinajstić information content (AvgIpc) is 2.16. The minimum Gasteiger partial charge on any atom is -0.384 e. The van der Waals surface area contributed by atoms with E-state index in [1.54, 1.807) is 12.3 Å². The van der Waals surface area contributed by atoms with Gasteiger partial charge in [-0.05, 0) is 25.0 Å². The number of hydrogen-bond donors (Lipinski definition) is 1. The van der Waals surface area contributed by atoms with Gasteiger partial charge in [0.25, 0.3) is 0 Å². The first kappa shape index (κ1) is 9.99. The first-order valence-electron chi connectivity index (χ1n) is 4.61. The number of aromatic nitrogens is 1. The van der Waals surface area contributed by atoms with Crippen LogP contribution in [0.2, 0.25) is 0 Å². The van der Waals surface area contributed by atoms with Gasteiger partial charge in [-0.2, -0.15) is 0 Å². The molecule has 0 aliphatic rings. The second kappa shape index (κ2) is 4.82. The van der Waals surface area contributed by atoms with Crippen LogP contribution in [0.5, 0.6) is 0 Å². The molecule has 1 aromatic rings. The van der Waals surface area contributed by atoms with Gasteiger partial charge in [0, 0.05) is 12.8 Å². The van der Waals surface area contributed by atoms with Gasteiger partial charge in [-0.1, -0.05) is 13.0 Å². The molecule has 0 aromatic carbocycles. The van der Waals surface area contributed by atoms with Crippen molar-refractivity contribution in [3.8, 4) is 0 Å². The molecule has 13 heavy (non-hydrogen) atoms. The predicted molar refractivity (Wildman–Crippen MR) is 53.3 cm³/mol. The smallest absolute Gasteiger partial charge is 0.123 e. The molecule has 3 nitrogen and oxygen atoms in total. The minimum absolute atomic E-state index is 0.151. The summed E-state index contributed by atoms with van der Waals surface area (Å²) in [7, 11) is 0. The summed E-state index contributed by atoms with van der Waals surface area (Å²) in [6.07, 6.45) is 2.89. The number of nitrogen functional groups attached to an aromatic ring is 1. The van der Waals surface area contributed by atoms with Gasteiger partial charge in [0.15, 0.2) is 0 Å². The van der Waals surface area contributed by atoms with Gasteiger partial charge in [-0.15, -0.1) is 0 Å². The molecular weight excluding hydrogens is 164 g/mol. The summed E-state index contributed by atoms with van der Waals surface area (Å²) in [4.78, 5) is 4.03. The number of nitrogens with two attached hydrogens (primary N) is 1. The topological polar surface area (TPSA) is 48.1 Å². The number of hydrogen-bond acceptors (Lipinski definition) is 3. The maximum absolute atomic E-state index is 5.54. The Balaban J connectivity index is 2.73. The average molecular weight is 180 g/mol. The van der Waals surface area contributed by atoms with Crippen LogP contribution in [0.1, 0.15) is 31.9 Å². The lowest BCUT2D eigenvalue weighted by Gasteiger charge is -2.14. The van der Waals surface area contributed by atoms with Crippen LogP contribution in [-0.2, 0) is 4.74 Å². The van der Waals surface area contributed by atoms with Crippen molar-refractivity contribution in [3.63, 3.8) is 0 Å². The maximum atomic E-state index is 5.54. The van der Waals surface area contributed by atoms with E-state index >= 15 is 0 Å². The lowest BCUT2D eigenvalue weighted by molar-refractivity contribution is 0.0596. The highest BCUT2D eigenvalue weighted by molar-refractivity contribution is 5.30. The van der Waals surface area contributed by atoms with Crippen LogP contribution in [0.25, 0.3) is 0 Å². The largest absolute Gasteiger partial charge is 0.384 e. The Labute approximate surface area is 78.9 Å². The van der Waals surface area contributed by atoms with E-state index in [4.69, 9.17) is 10.5 Å². The maximum Gasteiger partial charge on any atom is 0.123 e. The van der Waals surface area contributed by atoms with E-state index in [0.717, 1.165) is 18.6 Å². The second-order valence-corrected chi connectivity index (χ2v) is 2.87.